The molecule has 20 heavy (non-hydrogen) atoms. The van der Waals surface area contributed by atoms with Crippen molar-refractivity contribution in [2.45, 2.75) is 11.4 Å². The molecular weight excluding hydrogens is 282 g/mol. The van der Waals surface area contributed by atoms with Crippen LogP contribution in [0.15, 0.2) is 29.6 Å². The average Bonchev–Trinajstić information content (AvgIpc) is 2.98. The standard InChI is InChI=1S/C11H15N5O3S/c1-15-7-9(3-10(15)11(12)17)20(18,19)16(2)6-8-4-13-14-5-8/h3-5,7H,6H2,1-2H3,(H2,12,17)(H,13,14). The van der Waals surface area contributed by atoms with Crippen molar-refractivity contribution in [1.82, 2.24) is 19.1 Å². The summed E-state index contributed by atoms with van der Waals surface area (Å²) in [5, 5.41) is 6.38. The molecule has 0 aliphatic heterocycles. The van der Waals surface area contributed by atoms with Crippen molar-refractivity contribution in [2.75, 3.05) is 7.05 Å². The minimum atomic E-state index is -3.69. The molecule has 9 heteroatoms. The van der Waals surface area contributed by atoms with Crippen molar-refractivity contribution >= 4 is 15.9 Å². The van der Waals surface area contributed by atoms with Gasteiger partial charge in [-0.1, -0.05) is 0 Å². The van der Waals surface area contributed by atoms with Gasteiger partial charge in [0.2, 0.25) is 10.0 Å². The largest absolute Gasteiger partial charge is 0.364 e. The highest BCUT2D eigenvalue weighted by Crippen LogP contribution is 2.18. The van der Waals surface area contributed by atoms with Gasteiger partial charge in [-0.05, 0) is 6.07 Å². The fourth-order valence-corrected chi connectivity index (χ4v) is 3.04. The van der Waals surface area contributed by atoms with Gasteiger partial charge in [-0.15, -0.1) is 0 Å². The quantitative estimate of drug-likeness (QED) is 0.786. The zero-order valence-corrected chi connectivity index (χ0v) is 11.9. The molecule has 0 radical (unpaired) electrons. The lowest BCUT2D eigenvalue weighted by atomic mass is 10.4. The zero-order chi connectivity index (χ0) is 14.9. The molecule has 0 unspecified atom stereocenters. The third-order valence-corrected chi connectivity index (χ3v) is 4.67. The second-order valence-electron chi connectivity index (χ2n) is 4.40. The van der Waals surface area contributed by atoms with E-state index >= 15 is 0 Å². The number of sulfonamides is 1. The molecule has 2 aromatic heterocycles. The molecule has 0 aliphatic carbocycles. The van der Waals surface area contributed by atoms with Crippen molar-refractivity contribution in [3.8, 4) is 0 Å². The van der Waals surface area contributed by atoms with E-state index in [9.17, 15) is 13.2 Å². The predicted molar refractivity (Wildman–Crippen MR) is 71.2 cm³/mol. The molecular formula is C11H15N5O3S. The molecule has 0 aromatic carbocycles. The Morgan fingerprint density at radius 3 is 2.75 bits per heavy atom. The summed E-state index contributed by atoms with van der Waals surface area (Å²) in [5.41, 5.74) is 6.05. The Morgan fingerprint density at radius 1 is 1.55 bits per heavy atom. The van der Waals surface area contributed by atoms with Crippen LogP contribution in [-0.4, -0.2) is 40.4 Å². The normalized spacial score (nSPS) is 11.9. The number of aryl methyl sites for hydroxylation is 1. The first-order valence-electron chi connectivity index (χ1n) is 5.72. The molecule has 0 saturated carbocycles. The zero-order valence-electron chi connectivity index (χ0n) is 11.1. The van der Waals surface area contributed by atoms with Crippen LogP contribution in [0.25, 0.3) is 0 Å². The van der Waals surface area contributed by atoms with Gasteiger partial charge in [-0.2, -0.15) is 9.40 Å². The topological polar surface area (TPSA) is 114 Å². The molecule has 1 amide bonds. The minimum Gasteiger partial charge on any atom is -0.364 e. The first kappa shape index (κ1) is 14.3. The van der Waals surface area contributed by atoms with E-state index in [1.165, 1.54) is 28.2 Å². The number of H-pyrrole nitrogens is 1. The van der Waals surface area contributed by atoms with E-state index in [0.29, 0.717) is 0 Å². The number of nitrogens with two attached hydrogens (primary N) is 1. The van der Waals surface area contributed by atoms with Crippen molar-refractivity contribution in [3.63, 3.8) is 0 Å². The molecule has 0 atom stereocenters. The van der Waals surface area contributed by atoms with Crippen LogP contribution in [-0.2, 0) is 23.6 Å². The molecule has 2 heterocycles. The van der Waals surface area contributed by atoms with Crippen LogP contribution in [0.2, 0.25) is 0 Å². The highest BCUT2D eigenvalue weighted by atomic mass is 32.2. The average molecular weight is 297 g/mol. The Hall–Kier alpha value is -2.13. The highest BCUT2D eigenvalue weighted by Gasteiger charge is 2.24. The summed E-state index contributed by atoms with van der Waals surface area (Å²) >= 11 is 0. The Bertz CT molecular complexity index is 717. The summed E-state index contributed by atoms with van der Waals surface area (Å²) in [7, 11) is -0.665. The van der Waals surface area contributed by atoms with E-state index in [1.807, 2.05) is 0 Å². The summed E-state index contributed by atoms with van der Waals surface area (Å²) in [6.07, 6.45) is 4.53. The molecule has 0 saturated heterocycles. The Kier molecular flexibility index (Phi) is 3.64. The van der Waals surface area contributed by atoms with Gasteiger partial charge in [-0.3, -0.25) is 9.89 Å². The Labute approximate surface area is 116 Å². The van der Waals surface area contributed by atoms with Crippen molar-refractivity contribution in [2.24, 2.45) is 12.8 Å². The predicted octanol–water partition coefficient (Wildman–Crippen LogP) is -0.332. The number of hydrogen-bond acceptors (Lipinski definition) is 4. The summed E-state index contributed by atoms with van der Waals surface area (Å²) < 4.78 is 27.3. The van der Waals surface area contributed by atoms with Gasteiger partial charge in [0.25, 0.3) is 5.91 Å². The molecule has 3 N–H and O–H groups in total. The first-order valence-corrected chi connectivity index (χ1v) is 7.16. The SMILES string of the molecule is CN(Cc1cn[nH]c1)S(=O)(=O)c1cc(C(N)=O)n(C)c1. The fraction of sp³-hybridized carbons (Fsp3) is 0.273. The number of nitrogens with zero attached hydrogens (tertiary/aromatic N) is 3. The van der Waals surface area contributed by atoms with Gasteiger partial charge in [0.05, 0.1) is 6.20 Å². The number of amides is 1. The number of primary amides is 1. The maximum atomic E-state index is 12.4. The third-order valence-electron chi connectivity index (χ3n) is 2.90. The van der Waals surface area contributed by atoms with Gasteiger partial charge >= 0.3 is 0 Å². The van der Waals surface area contributed by atoms with Crippen LogP contribution in [0.5, 0.6) is 0 Å². The molecule has 8 nitrogen and oxygen atoms in total. The smallest absolute Gasteiger partial charge is 0.265 e. The van der Waals surface area contributed by atoms with E-state index in [4.69, 9.17) is 5.73 Å². The maximum absolute atomic E-state index is 12.4. The van der Waals surface area contributed by atoms with Crippen molar-refractivity contribution < 1.29 is 13.2 Å². The molecule has 108 valence electrons. The van der Waals surface area contributed by atoms with E-state index in [0.717, 1.165) is 5.56 Å². The summed E-state index contributed by atoms with van der Waals surface area (Å²) in [6, 6.07) is 1.27. The van der Waals surface area contributed by atoms with Gasteiger partial charge in [-0.25, -0.2) is 8.42 Å². The summed E-state index contributed by atoms with van der Waals surface area (Å²) in [4.78, 5) is 11.2. The first-order chi connectivity index (χ1) is 9.32. The van der Waals surface area contributed by atoms with Crippen LogP contribution in [0, 0.1) is 0 Å². The van der Waals surface area contributed by atoms with E-state index in [1.54, 1.807) is 19.4 Å². The van der Waals surface area contributed by atoms with Gasteiger partial charge in [0, 0.05) is 38.6 Å². The van der Waals surface area contributed by atoms with Gasteiger partial charge < -0.3 is 10.3 Å². The van der Waals surface area contributed by atoms with Crippen LogP contribution in [0.4, 0.5) is 0 Å². The van der Waals surface area contributed by atoms with Crippen LogP contribution >= 0.6 is 0 Å². The number of aromatic nitrogens is 3. The maximum Gasteiger partial charge on any atom is 0.265 e. The van der Waals surface area contributed by atoms with Gasteiger partial charge in [0.15, 0.2) is 0 Å². The monoisotopic (exact) mass is 297 g/mol. The van der Waals surface area contributed by atoms with E-state index in [-0.39, 0.29) is 17.1 Å². The number of aromatic amines is 1. The molecule has 0 aliphatic rings. The molecule has 0 spiro atoms. The lowest BCUT2D eigenvalue weighted by molar-refractivity contribution is 0.0992. The lowest BCUT2D eigenvalue weighted by Gasteiger charge is -2.14. The number of carbonyl (C=O) groups is 1. The molecule has 0 bridgehead atoms. The Balaban J connectivity index is 2.30. The van der Waals surface area contributed by atoms with E-state index < -0.39 is 15.9 Å². The van der Waals surface area contributed by atoms with Gasteiger partial charge in [0.1, 0.15) is 10.6 Å². The third kappa shape index (κ3) is 2.58. The van der Waals surface area contributed by atoms with Crippen LogP contribution in [0.3, 0.4) is 0 Å². The fourth-order valence-electron chi connectivity index (χ4n) is 1.81. The number of rotatable bonds is 5. The van der Waals surface area contributed by atoms with Crippen molar-refractivity contribution in [3.05, 3.63) is 35.9 Å². The molecule has 2 rings (SSSR count). The number of hydrogen-bond donors (Lipinski definition) is 2. The van der Waals surface area contributed by atoms with E-state index in [2.05, 4.69) is 10.2 Å². The lowest BCUT2D eigenvalue weighted by Crippen LogP contribution is -2.26. The number of nitrogens with one attached hydrogen (secondary N) is 1. The second kappa shape index (κ2) is 5.10. The summed E-state index contributed by atoms with van der Waals surface area (Å²) in [5.74, 6) is -0.675. The second-order valence-corrected chi connectivity index (χ2v) is 6.45. The Morgan fingerprint density at radius 2 is 2.25 bits per heavy atom. The van der Waals surface area contributed by atoms with Crippen molar-refractivity contribution in [1.29, 1.82) is 0 Å². The highest BCUT2D eigenvalue weighted by molar-refractivity contribution is 7.89. The number of carbonyl (C=O) groups excluding carboxylic acids is 1. The van der Waals surface area contributed by atoms with Crippen LogP contribution < -0.4 is 5.73 Å². The van der Waals surface area contributed by atoms with Crippen LogP contribution in [0.1, 0.15) is 16.1 Å². The molecule has 2 aromatic rings. The minimum absolute atomic E-state index is 0.0276. The molecule has 0 fully saturated rings. The summed E-state index contributed by atoms with van der Waals surface area (Å²) in [6.45, 7) is 0.180.